The Morgan fingerprint density at radius 3 is 2.74 bits per heavy atom. The third-order valence-corrected chi connectivity index (χ3v) is 5.24. The zero-order chi connectivity index (χ0) is 16.6. The van der Waals surface area contributed by atoms with Gasteiger partial charge in [-0.2, -0.15) is 0 Å². The molecule has 2 amide bonds. The van der Waals surface area contributed by atoms with Crippen LogP contribution in [0.2, 0.25) is 0 Å². The van der Waals surface area contributed by atoms with Crippen LogP contribution in [0, 0.1) is 6.92 Å². The fourth-order valence-electron chi connectivity index (χ4n) is 2.57. The number of nitrogens with one attached hydrogen (secondary N) is 1. The summed E-state index contributed by atoms with van der Waals surface area (Å²) < 4.78 is 4.25. The largest absolute Gasteiger partial charge is 0.465 e. The molecule has 1 aromatic carbocycles. The molecule has 0 bridgehead atoms. The van der Waals surface area contributed by atoms with Gasteiger partial charge < -0.3 is 14.6 Å². The topological polar surface area (TPSA) is 62.6 Å². The molecular formula is C17H18N2O3S. The molecule has 0 aliphatic carbocycles. The highest BCUT2D eigenvalue weighted by Crippen LogP contribution is 2.44. The normalized spacial score (nSPS) is 20.3. The van der Waals surface area contributed by atoms with Crippen LogP contribution in [0.1, 0.15) is 18.4 Å². The van der Waals surface area contributed by atoms with E-state index in [1.165, 1.54) is 11.8 Å². The fourth-order valence-corrected chi connectivity index (χ4v) is 3.86. The molecule has 0 spiro atoms. The molecule has 0 unspecified atom stereocenters. The minimum absolute atomic E-state index is 0.227. The van der Waals surface area contributed by atoms with Gasteiger partial charge in [-0.1, -0.05) is 23.9 Å². The summed E-state index contributed by atoms with van der Waals surface area (Å²) in [5, 5.41) is 2.80. The van der Waals surface area contributed by atoms with E-state index in [1.807, 2.05) is 43.3 Å². The molecule has 0 saturated heterocycles. The SMILES string of the molecule is Cc1ccc(CNC(=O)[C@]2(C)Sc3ccccc3N(C)C2=O)o1. The highest BCUT2D eigenvalue weighted by Gasteiger charge is 2.48. The van der Waals surface area contributed by atoms with Gasteiger partial charge in [0, 0.05) is 11.9 Å². The highest BCUT2D eigenvalue weighted by molar-refractivity contribution is 8.02. The van der Waals surface area contributed by atoms with Gasteiger partial charge in [-0.15, -0.1) is 0 Å². The molecule has 0 fully saturated rings. The Bertz CT molecular complexity index is 771. The maximum absolute atomic E-state index is 12.7. The number of fused-ring (bicyclic) bond motifs is 1. The van der Waals surface area contributed by atoms with Crippen LogP contribution < -0.4 is 10.2 Å². The standard InChI is InChI=1S/C17H18N2O3S/c1-11-8-9-12(22-11)10-18-15(20)17(2)16(21)19(3)13-6-4-5-7-14(13)23-17/h4-9H,10H2,1-3H3,(H,18,20)/t17-/m0/s1. The van der Waals surface area contributed by atoms with E-state index in [0.29, 0.717) is 5.76 Å². The van der Waals surface area contributed by atoms with Gasteiger partial charge in [0.05, 0.1) is 12.2 Å². The van der Waals surface area contributed by atoms with Crippen LogP contribution in [0.25, 0.3) is 0 Å². The van der Waals surface area contributed by atoms with Crippen LogP contribution in [0.5, 0.6) is 0 Å². The lowest BCUT2D eigenvalue weighted by molar-refractivity contribution is -0.131. The predicted octanol–water partition coefficient (Wildman–Crippen LogP) is 2.73. The van der Waals surface area contributed by atoms with Crippen LogP contribution in [0.15, 0.2) is 45.7 Å². The van der Waals surface area contributed by atoms with E-state index in [1.54, 1.807) is 18.9 Å². The average Bonchev–Trinajstić information content (AvgIpc) is 2.96. The number of hydrogen-bond donors (Lipinski definition) is 1. The first kappa shape index (κ1) is 15.7. The summed E-state index contributed by atoms with van der Waals surface area (Å²) in [5.41, 5.74) is 0.828. The number of amides is 2. The first-order valence-electron chi connectivity index (χ1n) is 7.31. The summed E-state index contributed by atoms with van der Waals surface area (Å²) in [5.74, 6) is 0.913. The molecule has 1 aromatic heterocycles. The number of rotatable bonds is 3. The Morgan fingerprint density at radius 2 is 2.04 bits per heavy atom. The minimum Gasteiger partial charge on any atom is -0.465 e. The molecule has 120 valence electrons. The Kier molecular flexibility index (Phi) is 3.93. The monoisotopic (exact) mass is 330 g/mol. The minimum atomic E-state index is -1.19. The van der Waals surface area contributed by atoms with E-state index < -0.39 is 4.75 Å². The van der Waals surface area contributed by atoms with Crippen molar-refractivity contribution in [3.8, 4) is 0 Å². The average molecular weight is 330 g/mol. The number of para-hydroxylation sites is 1. The molecule has 23 heavy (non-hydrogen) atoms. The van der Waals surface area contributed by atoms with Crippen molar-refractivity contribution in [3.05, 3.63) is 47.9 Å². The molecule has 1 atom stereocenters. The van der Waals surface area contributed by atoms with Crippen molar-refractivity contribution in [2.45, 2.75) is 30.0 Å². The Balaban J connectivity index is 1.80. The molecule has 1 aliphatic heterocycles. The number of carbonyl (C=O) groups excluding carboxylic acids is 2. The van der Waals surface area contributed by atoms with Crippen LogP contribution in [0.3, 0.4) is 0 Å². The van der Waals surface area contributed by atoms with Gasteiger partial charge in [-0.05, 0) is 38.1 Å². The molecule has 1 aliphatic rings. The second-order valence-electron chi connectivity index (χ2n) is 5.66. The quantitative estimate of drug-likeness (QED) is 0.879. The summed E-state index contributed by atoms with van der Waals surface area (Å²) in [6, 6.07) is 11.2. The Morgan fingerprint density at radius 1 is 1.30 bits per heavy atom. The third kappa shape index (κ3) is 2.74. The zero-order valence-corrected chi connectivity index (χ0v) is 14.1. The van der Waals surface area contributed by atoms with Crippen molar-refractivity contribution in [3.63, 3.8) is 0 Å². The van der Waals surface area contributed by atoms with Gasteiger partial charge in [0.1, 0.15) is 11.5 Å². The van der Waals surface area contributed by atoms with Crippen LogP contribution in [-0.2, 0) is 16.1 Å². The lowest BCUT2D eigenvalue weighted by Gasteiger charge is -2.36. The molecule has 0 saturated carbocycles. The molecule has 6 heteroatoms. The number of nitrogens with zero attached hydrogens (tertiary/aromatic N) is 1. The van der Waals surface area contributed by atoms with E-state index >= 15 is 0 Å². The highest BCUT2D eigenvalue weighted by atomic mass is 32.2. The van der Waals surface area contributed by atoms with Crippen molar-refractivity contribution in [2.75, 3.05) is 11.9 Å². The van der Waals surface area contributed by atoms with Gasteiger partial charge in [-0.3, -0.25) is 9.59 Å². The number of thioether (sulfide) groups is 1. The van der Waals surface area contributed by atoms with Crippen molar-refractivity contribution >= 4 is 29.3 Å². The molecule has 1 N–H and O–H groups in total. The van der Waals surface area contributed by atoms with E-state index in [-0.39, 0.29) is 18.4 Å². The van der Waals surface area contributed by atoms with Crippen molar-refractivity contribution in [1.82, 2.24) is 5.32 Å². The van der Waals surface area contributed by atoms with Crippen molar-refractivity contribution < 1.29 is 14.0 Å². The molecule has 0 radical (unpaired) electrons. The van der Waals surface area contributed by atoms with E-state index in [0.717, 1.165) is 16.3 Å². The Hall–Kier alpha value is -2.21. The van der Waals surface area contributed by atoms with Gasteiger partial charge in [0.25, 0.3) is 5.91 Å². The van der Waals surface area contributed by atoms with Crippen molar-refractivity contribution in [2.24, 2.45) is 0 Å². The summed E-state index contributed by atoms with van der Waals surface area (Å²) in [6.07, 6.45) is 0. The first-order chi connectivity index (χ1) is 10.9. The van der Waals surface area contributed by atoms with E-state index in [2.05, 4.69) is 5.32 Å². The second-order valence-corrected chi connectivity index (χ2v) is 7.12. The Labute approximate surface area is 139 Å². The van der Waals surface area contributed by atoms with Gasteiger partial charge in [-0.25, -0.2) is 0 Å². The van der Waals surface area contributed by atoms with Gasteiger partial charge >= 0.3 is 0 Å². The summed E-state index contributed by atoms with van der Waals surface area (Å²) >= 11 is 1.29. The van der Waals surface area contributed by atoms with Gasteiger partial charge in [0.2, 0.25) is 5.91 Å². The zero-order valence-electron chi connectivity index (χ0n) is 13.3. The maximum Gasteiger partial charge on any atom is 0.252 e. The predicted molar refractivity (Wildman–Crippen MR) is 89.4 cm³/mol. The maximum atomic E-state index is 12.7. The lowest BCUT2D eigenvalue weighted by atomic mass is 10.1. The summed E-state index contributed by atoms with van der Waals surface area (Å²) in [6.45, 7) is 3.77. The number of hydrogen-bond acceptors (Lipinski definition) is 4. The lowest BCUT2D eigenvalue weighted by Crippen LogP contribution is -2.55. The number of anilines is 1. The van der Waals surface area contributed by atoms with Gasteiger partial charge in [0.15, 0.2) is 4.75 Å². The first-order valence-corrected chi connectivity index (χ1v) is 8.13. The number of carbonyl (C=O) groups is 2. The smallest absolute Gasteiger partial charge is 0.252 e. The second kappa shape index (κ2) is 5.77. The summed E-state index contributed by atoms with van der Waals surface area (Å²) in [7, 11) is 1.70. The molecule has 5 nitrogen and oxygen atoms in total. The summed E-state index contributed by atoms with van der Waals surface area (Å²) in [4.78, 5) is 27.8. The molecular weight excluding hydrogens is 312 g/mol. The van der Waals surface area contributed by atoms with Crippen LogP contribution in [-0.4, -0.2) is 23.6 Å². The molecule has 2 aromatic rings. The number of furan rings is 1. The van der Waals surface area contributed by atoms with E-state index in [9.17, 15) is 9.59 Å². The third-order valence-electron chi connectivity index (χ3n) is 3.91. The van der Waals surface area contributed by atoms with Crippen LogP contribution >= 0.6 is 11.8 Å². The fraction of sp³-hybridized carbons (Fsp3) is 0.294. The number of aryl methyl sites for hydroxylation is 1. The van der Waals surface area contributed by atoms with Crippen molar-refractivity contribution in [1.29, 1.82) is 0 Å². The number of benzene rings is 1. The molecule has 2 heterocycles. The van der Waals surface area contributed by atoms with E-state index in [4.69, 9.17) is 4.42 Å². The molecule has 3 rings (SSSR count). The van der Waals surface area contributed by atoms with Crippen LogP contribution in [0.4, 0.5) is 5.69 Å².